The van der Waals surface area contributed by atoms with E-state index in [1.54, 1.807) is 22.6 Å². The van der Waals surface area contributed by atoms with Gasteiger partial charge in [-0.2, -0.15) is 0 Å². The maximum atomic E-state index is 12.9. The van der Waals surface area contributed by atoms with E-state index < -0.39 is 18.2 Å². The van der Waals surface area contributed by atoms with Gasteiger partial charge in [0.15, 0.2) is 0 Å². The standard InChI is InChI=1S/C7H5F2IO/c8-5-2-1-4(3-11)6(9)7(5)10/h1-2,11H,3H2. The average Bonchev–Trinajstić information content (AvgIpc) is 2.01. The Kier molecular flexibility index (Phi) is 2.78. The molecular weight excluding hydrogens is 265 g/mol. The third-order valence-corrected chi connectivity index (χ3v) is 2.27. The fraction of sp³-hybridized carbons (Fsp3) is 0.143. The number of benzene rings is 1. The van der Waals surface area contributed by atoms with E-state index in [1.165, 1.54) is 6.07 Å². The summed E-state index contributed by atoms with van der Waals surface area (Å²) in [5.74, 6) is -1.27. The van der Waals surface area contributed by atoms with Crippen molar-refractivity contribution < 1.29 is 13.9 Å². The minimum Gasteiger partial charge on any atom is -0.392 e. The first kappa shape index (κ1) is 8.86. The predicted molar refractivity (Wildman–Crippen MR) is 45.0 cm³/mol. The van der Waals surface area contributed by atoms with Gasteiger partial charge >= 0.3 is 0 Å². The van der Waals surface area contributed by atoms with E-state index in [2.05, 4.69) is 0 Å². The molecule has 1 N–H and O–H groups in total. The largest absolute Gasteiger partial charge is 0.392 e. The molecule has 0 aromatic heterocycles. The summed E-state index contributed by atoms with van der Waals surface area (Å²) in [5, 5.41) is 8.57. The first-order chi connectivity index (χ1) is 5.16. The fourth-order valence-electron chi connectivity index (χ4n) is 0.688. The lowest BCUT2D eigenvalue weighted by Crippen LogP contribution is -1.95. The summed E-state index contributed by atoms with van der Waals surface area (Å²) in [4.78, 5) is 0. The number of aliphatic hydroxyl groups excluding tert-OH is 1. The molecule has 0 saturated carbocycles. The molecule has 60 valence electrons. The van der Waals surface area contributed by atoms with Gasteiger partial charge in [-0.05, 0) is 28.7 Å². The molecule has 1 rings (SSSR count). The van der Waals surface area contributed by atoms with Crippen LogP contribution >= 0.6 is 22.6 Å². The van der Waals surface area contributed by atoms with Crippen molar-refractivity contribution in [2.75, 3.05) is 0 Å². The van der Waals surface area contributed by atoms with Gasteiger partial charge < -0.3 is 5.11 Å². The molecule has 1 aromatic rings. The Hall–Kier alpha value is -0.230. The molecule has 0 heterocycles. The van der Waals surface area contributed by atoms with Gasteiger partial charge in [0.2, 0.25) is 0 Å². The van der Waals surface area contributed by atoms with Gasteiger partial charge in [-0.1, -0.05) is 6.07 Å². The van der Waals surface area contributed by atoms with Crippen LogP contribution in [-0.4, -0.2) is 5.11 Å². The molecule has 0 atom stereocenters. The Morgan fingerprint density at radius 1 is 1.36 bits per heavy atom. The molecule has 1 aromatic carbocycles. The fourth-order valence-corrected chi connectivity index (χ4v) is 1.21. The van der Waals surface area contributed by atoms with Crippen LogP contribution in [0, 0.1) is 15.2 Å². The molecule has 0 aliphatic heterocycles. The molecule has 0 spiro atoms. The van der Waals surface area contributed by atoms with Crippen LogP contribution in [0.5, 0.6) is 0 Å². The Morgan fingerprint density at radius 2 is 2.00 bits per heavy atom. The minimum absolute atomic E-state index is 0.0749. The van der Waals surface area contributed by atoms with E-state index in [0.29, 0.717) is 0 Å². The Bertz CT molecular complexity index is 275. The summed E-state index contributed by atoms with van der Waals surface area (Å²) in [6, 6.07) is 2.36. The van der Waals surface area contributed by atoms with E-state index in [4.69, 9.17) is 5.11 Å². The van der Waals surface area contributed by atoms with Crippen LogP contribution in [0.15, 0.2) is 12.1 Å². The summed E-state index contributed by atoms with van der Waals surface area (Å²) >= 11 is 1.56. The minimum atomic E-state index is -0.673. The van der Waals surface area contributed by atoms with Crippen LogP contribution < -0.4 is 0 Å². The van der Waals surface area contributed by atoms with Gasteiger partial charge in [-0.25, -0.2) is 8.78 Å². The van der Waals surface area contributed by atoms with E-state index in [0.717, 1.165) is 6.07 Å². The molecule has 4 heteroatoms. The molecule has 0 unspecified atom stereocenters. The molecule has 0 aliphatic rings. The van der Waals surface area contributed by atoms with Gasteiger partial charge in [0.25, 0.3) is 0 Å². The summed E-state index contributed by atoms with van der Waals surface area (Å²) in [6.07, 6.45) is 0. The second kappa shape index (κ2) is 3.44. The zero-order chi connectivity index (χ0) is 8.43. The monoisotopic (exact) mass is 270 g/mol. The zero-order valence-corrected chi connectivity index (χ0v) is 7.60. The number of hydrogen-bond acceptors (Lipinski definition) is 1. The SMILES string of the molecule is OCc1ccc(F)c(I)c1F. The van der Waals surface area contributed by atoms with E-state index in [1.807, 2.05) is 0 Å². The lowest BCUT2D eigenvalue weighted by molar-refractivity contribution is 0.275. The smallest absolute Gasteiger partial charge is 0.144 e. The van der Waals surface area contributed by atoms with Crippen LogP contribution in [-0.2, 0) is 6.61 Å². The number of rotatable bonds is 1. The normalized spacial score (nSPS) is 10.2. The van der Waals surface area contributed by atoms with Crippen molar-refractivity contribution in [1.29, 1.82) is 0 Å². The quantitative estimate of drug-likeness (QED) is 0.611. The van der Waals surface area contributed by atoms with Crippen LogP contribution in [0.4, 0.5) is 8.78 Å². The number of hydrogen-bond donors (Lipinski definition) is 1. The predicted octanol–water partition coefficient (Wildman–Crippen LogP) is 2.06. The van der Waals surface area contributed by atoms with E-state index in [9.17, 15) is 8.78 Å². The highest BCUT2D eigenvalue weighted by atomic mass is 127. The molecule has 0 fully saturated rings. The van der Waals surface area contributed by atoms with Crippen LogP contribution in [0.2, 0.25) is 0 Å². The lowest BCUT2D eigenvalue weighted by Gasteiger charge is -2.00. The average molecular weight is 270 g/mol. The molecule has 0 saturated heterocycles. The highest BCUT2D eigenvalue weighted by molar-refractivity contribution is 14.1. The first-order valence-electron chi connectivity index (χ1n) is 2.90. The van der Waals surface area contributed by atoms with Gasteiger partial charge in [0, 0.05) is 5.56 Å². The molecule has 11 heavy (non-hydrogen) atoms. The van der Waals surface area contributed by atoms with Crippen LogP contribution in [0.25, 0.3) is 0 Å². The van der Waals surface area contributed by atoms with Crippen molar-refractivity contribution >= 4 is 22.6 Å². The molecule has 0 amide bonds. The van der Waals surface area contributed by atoms with Crippen molar-refractivity contribution in [3.8, 4) is 0 Å². The Labute approximate surface area is 76.2 Å². The summed E-state index contributed by atoms with van der Waals surface area (Å²) in [7, 11) is 0. The maximum Gasteiger partial charge on any atom is 0.144 e. The molecular formula is C7H5F2IO. The first-order valence-corrected chi connectivity index (χ1v) is 3.98. The lowest BCUT2D eigenvalue weighted by atomic mass is 10.2. The highest BCUT2D eigenvalue weighted by Crippen LogP contribution is 2.18. The van der Waals surface area contributed by atoms with Crippen molar-refractivity contribution in [2.24, 2.45) is 0 Å². The van der Waals surface area contributed by atoms with E-state index in [-0.39, 0.29) is 9.13 Å². The Morgan fingerprint density at radius 3 is 2.55 bits per heavy atom. The maximum absolute atomic E-state index is 12.9. The zero-order valence-electron chi connectivity index (χ0n) is 5.44. The van der Waals surface area contributed by atoms with Crippen LogP contribution in [0.3, 0.4) is 0 Å². The summed E-state index contributed by atoms with van der Waals surface area (Å²) < 4.78 is 25.3. The van der Waals surface area contributed by atoms with Crippen molar-refractivity contribution in [1.82, 2.24) is 0 Å². The molecule has 0 aliphatic carbocycles. The van der Waals surface area contributed by atoms with Crippen molar-refractivity contribution in [3.05, 3.63) is 32.9 Å². The third kappa shape index (κ3) is 1.67. The van der Waals surface area contributed by atoms with Crippen molar-refractivity contribution in [2.45, 2.75) is 6.61 Å². The second-order valence-electron chi connectivity index (χ2n) is 1.99. The Balaban J connectivity index is 3.25. The molecule has 0 bridgehead atoms. The summed E-state index contributed by atoms with van der Waals surface area (Å²) in [6.45, 7) is -0.401. The van der Waals surface area contributed by atoms with Gasteiger partial charge in [0.1, 0.15) is 11.6 Å². The second-order valence-corrected chi connectivity index (χ2v) is 3.07. The summed E-state index contributed by atoms with van der Waals surface area (Å²) in [5.41, 5.74) is 0.121. The molecule has 1 nitrogen and oxygen atoms in total. The van der Waals surface area contributed by atoms with E-state index >= 15 is 0 Å². The van der Waals surface area contributed by atoms with Gasteiger partial charge in [-0.15, -0.1) is 0 Å². The van der Waals surface area contributed by atoms with Gasteiger partial charge in [-0.3, -0.25) is 0 Å². The number of halogens is 3. The molecule has 0 radical (unpaired) electrons. The third-order valence-electron chi connectivity index (χ3n) is 1.29. The topological polar surface area (TPSA) is 20.2 Å². The van der Waals surface area contributed by atoms with Crippen molar-refractivity contribution in [3.63, 3.8) is 0 Å². The highest BCUT2D eigenvalue weighted by Gasteiger charge is 2.09. The number of aliphatic hydroxyl groups is 1. The van der Waals surface area contributed by atoms with Gasteiger partial charge in [0.05, 0.1) is 10.2 Å². The van der Waals surface area contributed by atoms with Crippen LogP contribution in [0.1, 0.15) is 5.56 Å².